The molecule has 0 saturated heterocycles. The van der Waals surface area contributed by atoms with Gasteiger partial charge in [0.1, 0.15) is 11.8 Å². The molecule has 0 aliphatic rings. The fourth-order valence-corrected chi connectivity index (χ4v) is 0.341. The van der Waals surface area contributed by atoms with E-state index in [0.29, 0.717) is 11.4 Å². The van der Waals surface area contributed by atoms with Crippen LogP contribution < -0.4 is 11.1 Å². The normalized spacial score (nSPS) is 11.6. The molecule has 3 heteroatoms. The Labute approximate surface area is 48.8 Å². The maximum atomic E-state index is 8.25. The summed E-state index contributed by atoms with van der Waals surface area (Å²) >= 11 is 0. The topological polar surface area (TPSA) is 61.8 Å². The Kier molecular flexibility index (Phi) is 2.49. The second kappa shape index (κ2) is 2.92. The number of hydrogen-bond acceptors (Lipinski definition) is 3. The standard InChI is InChI=1S/C5H9N3/c1-4(7)5(3-6)8-2/h8H,7H2,1-2H3/b5-4-. The average Bonchev–Trinajstić information content (AvgIpc) is 1.69. The van der Waals surface area contributed by atoms with Crippen LogP contribution in [-0.4, -0.2) is 7.05 Å². The average molecular weight is 111 g/mol. The Hall–Kier alpha value is -1.17. The van der Waals surface area contributed by atoms with E-state index in [1.807, 2.05) is 6.07 Å². The minimum absolute atomic E-state index is 0.435. The van der Waals surface area contributed by atoms with Gasteiger partial charge in [-0.25, -0.2) is 0 Å². The molecule has 0 aromatic heterocycles. The van der Waals surface area contributed by atoms with Gasteiger partial charge in [-0.05, 0) is 6.92 Å². The molecular formula is C5H9N3. The van der Waals surface area contributed by atoms with Gasteiger partial charge in [0.05, 0.1) is 0 Å². The monoisotopic (exact) mass is 111 g/mol. The molecule has 44 valence electrons. The van der Waals surface area contributed by atoms with Gasteiger partial charge in [-0.15, -0.1) is 0 Å². The summed E-state index contributed by atoms with van der Waals surface area (Å²) in [5.41, 5.74) is 6.21. The first-order valence-electron chi connectivity index (χ1n) is 2.26. The number of hydrogen-bond donors (Lipinski definition) is 2. The molecule has 0 aliphatic carbocycles. The van der Waals surface area contributed by atoms with E-state index in [1.165, 1.54) is 0 Å². The van der Waals surface area contributed by atoms with Crippen molar-refractivity contribution in [2.45, 2.75) is 6.92 Å². The van der Waals surface area contributed by atoms with Gasteiger partial charge in [-0.3, -0.25) is 0 Å². The van der Waals surface area contributed by atoms with Crippen LogP contribution in [0.5, 0.6) is 0 Å². The SMILES string of the molecule is CN/C(C#N)=C(/C)N. The fraction of sp³-hybridized carbons (Fsp3) is 0.400. The number of allylic oxidation sites excluding steroid dienone is 2. The van der Waals surface area contributed by atoms with Crippen molar-refractivity contribution in [1.82, 2.24) is 5.32 Å². The summed E-state index contributed by atoms with van der Waals surface area (Å²) in [5, 5.41) is 10.9. The Morgan fingerprint density at radius 1 is 1.75 bits per heavy atom. The lowest BCUT2D eigenvalue weighted by molar-refractivity contribution is 0.995. The molecule has 0 spiro atoms. The first kappa shape index (κ1) is 6.83. The minimum atomic E-state index is 0.435. The van der Waals surface area contributed by atoms with E-state index in [-0.39, 0.29) is 0 Å². The molecule has 0 aliphatic heterocycles. The summed E-state index contributed by atoms with van der Waals surface area (Å²) in [4.78, 5) is 0. The van der Waals surface area contributed by atoms with Crippen LogP contribution in [0.15, 0.2) is 11.4 Å². The lowest BCUT2D eigenvalue weighted by Crippen LogP contribution is -2.10. The van der Waals surface area contributed by atoms with Crippen LogP contribution in [0.1, 0.15) is 6.92 Å². The summed E-state index contributed by atoms with van der Waals surface area (Å²) < 4.78 is 0. The lowest BCUT2D eigenvalue weighted by Gasteiger charge is -1.95. The van der Waals surface area contributed by atoms with Crippen molar-refractivity contribution in [1.29, 1.82) is 5.26 Å². The zero-order chi connectivity index (χ0) is 6.57. The van der Waals surface area contributed by atoms with Gasteiger partial charge in [0.2, 0.25) is 0 Å². The van der Waals surface area contributed by atoms with Gasteiger partial charge >= 0.3 is 0 Å². The van der Waals surface area contributed by atoms with E-state index in [4.69, 9.17) is 11.0 Å². The van der Waals surface area contributed by atoms with Crippen LogP contribution >= 0.6 is 0 Å². The Bertz CT molecular complexity index is 136. The number of nitriles is 1. The van der Waals surface area contributed by atoms with Crippen LogP contribution in [0.2, 0.25) is 0 Å². The van der Waals surface area contributed by atoms with E-state index in [1.54, 1.807) is 14.0 Å². The summed E-state index contributed by atoms with van der Waals surface area (Å²) in [6, 6.07) is 1.89. The van der Waals surface area contributed by atoms with Crippen molar-refractivity contribution < 1.29 is 0 Å². The predicted octanol–water partition coefficient (Wildman–Crippen LogP) is -0.0804. The largest absolute Gasteiger partial charge is 0.400 e. The highest BCUT2D eigenvalue weighted by Gasteiger charge is 1.89. The molecule has 0 aromatic rings. The first-order chi connectivity index (χ1) is 3.72. The van der Waals surface area contributed by atoms with Crippen molar-refractivity contribution >= 4 is 0 Å². The van der Waals surface area contributed by atoms with E-state index in [9.17, 15) is 0 Å². The molecule has 0 radical (unpaired) electrons. The van der Waals surface area contributed by atoms with Crippen LogP contribution in [0.25, 0.3) is 0 Å². The molecule has 3 nitrogen and oxygen atoms in total. The van der Waals surface area contributed by atoms with Gasteiger partial charge in [-0.1, -0.05) is 0 Å². The van der Waals surface area contributed by atoms with Crippen LogP contribution in [0, 0.1) is 11.3 Å². The molecule has 0 rings (SSSR count). The molecule has 0 unspecified atom stereocenters. The van der Waals surface area contributed by atoms with Gasteiger partial charge in [0.25, 0.3) is 0 Å². The van der Waals surface area contributed by atoms with Crippen LogP contribution in [0.4, 0.5) is 0 Å². The minimum Gasteiger partial charge on any atom is -0.400 e. The molecule has 0 amide bonds. The number of nitrogens with two attached hydrogens (primary N) is 1. The van der Waals surface area contributed by atoms with Gasteiger partial charge < -0.3 is 11.1 Å². The maximum Gasteiger partial charge on any atom is 0.132 e. The number of rotatable bonds is 1. The highest BCUT2D eigenvalue weighted by atomic mass is 14.9. The third-order valence-corrected chi connectivity index (χ3v) is 0.756. The summed E-state index contributed by atoms with van der Waals surface area (Å²) in [6.45, 7) is 1.68. The zero-order valence-electron chi connectivity index (χ0n) is 5.02. The number of nitrogens with one attached hydrogen (secondary N) is 1. The van der Waals surface area contributed by atoms with E-state index < -0.39 is 0 Å². The quantitative estimate of drug-likeness (QED) is 0.465. The molecule has 0 atom stereocenters. The lowest BCUT2D eigenvalue weighted by atomic mass is 10.4. The number of nitrogens with zero attached hydrogens (tertiary/aromatic N) is 1. The molecule has 8 heavy (non-hydrogen) atoms. The molecule has 0 heterocycles. The Morgan fingerprint density at radius 2 is 2.25 bits per heavy atom. The van der Waals surface area contributed by atoms with Crippen molar-refractivity contribution in [3.8, 4) is 6.07 Å². The third-order valence-electron chi connectivity index (χ3n) is 0.756. The second-order valence-electron chi connectivity index (χ2n) is 1.42. The van der Waals surface area contributed by atoms with Crippen molar-refractivity contribution in [3.63, 3.8) is 0 Å². The molecular weight excluding hydrogens is 102 g/mol. The van der Waals surface area contributed by atoms with Gasteiger partial charge in [0, 0.05) is 12.7 Å². The fourth-order valence-electron chi connectivity index (χ4n) is 0.341. The highest BCUT2D eigenvalue weighted by Crippen LogP contribution is 1.87. The molecule has 0 aromatic carbocycles. The van der Waals surface area contributed by atoms with Crippen molar-refractivity contribution in [2.75, 3.05) is 7.05 Å². The molecule has 0 fully saturated rings. The van der Waals surface area contributed by atoms with Crippen molar-refractivity contribution in [3.05, 3.63) is 11.4 Å². The summed E-state index contributed by atoms with van der Waals surface area (Å²) in [7, 11) is 1.66. The van der Waals surface area contributed by atoms with E-state index in [2.05, 4.69) is 5.32 Å². The van der Waals surface area contributed by atoms with Crippen LogP contribution in [0.3, 0.4) is 0 Å². The molecule has 0 saturated carbocycles. The molecule has 0 bridgehead atoms. The van der Waals surface area contributed by atoms with Gasteiger partial charge in [0.15, 0.2) is 0 Å². The van der Waals surface area contributed by atoms with E-state index in [0.717, 1.165) is 0 Å². The van der Waals surface area contributed by atoms with E-state index >= 15 is 0 Å². The third kappa shape index (κ3) is 1.52. The van der Waals surface area contributed by atoms with Crippen LogP contribution in [-0.2, 0) is 0 Å². The summed E-state index contributed by atoms with van der Waals surface area (Å²) in [5.74, 6) is 0. The Morgan fingerprint density at radius 3 is 2.25 bits per heavy atom. The van der Waals surface area contributed by atoms with Crippen molar-refractivity contribution in [2.24, 2.45) is 5.73 Å². The van der Waals surface area contributed by atoms with Gasteiger partial charge in [-0.2, -0.15) is 5.26 Å². The smallest absolute Gasteiger partial charge is 0.132 e. The maximum absolute atomic E-state index is 8.25. The predicted molar refractivity (Wildman–Crippen MR) is 31.6 cm³/mol. The zero-order valence-corrected chi connectivity index (χ0v) is 5.02. The highest BCUT2D eigenvalue weighted by molar-refractivity contribution is 5.21. The first-order valence-corrected chi connectivity index (χ1v) is 2.26. The Balaban J connectivity index is 4.15. The molecule has 3 N–H and O–H groups in total. The second-order valence-corrected chi connectivity index (χ2v) is 1.42. The summed E-state index contributed by atoms with van der Waals surface area (Å²) in [6.07, 6.45) is 0.